The highest BCUT2D eigenvalue weighted by Crippen LogP contribution is 2.39. The summed E-state index contributed by atoms with van der Waals surface area (Å²) < 4.78 is 14.7. The number of benzene rings is 2. The number of likely N-dealkylation sites (tertiary alicyclic amines) is 1. The molecule has 1 aromatic heterocycles. The van der Waals surface area contributed by atoms with Crippen LogP contribution >= 0.6 is 11.9 Å². The number of hydrogen-bond donors (Lipinski definition) is 0. The average Bonchev–Trinajstić information content (AvgIpc) is 3.55. The van der Waals surface area contributed by atoms with Crippen molar-refractivity contribution in [3.63, 3.8) is 0 Å². The van der Waals surface area contributed by atoms with E-state index in [0.717, 1.165) is 46.1 Å². The molecule has 7 heteroatoms. The minimum absolute atomic E-state index is 0.0358. The first-order valence-electron chi connectivity index (χ1n) is 13.8. The van der Waals surface area contributed by atoms with E-state index >= 15 is 0 Å². The topological polar surface area (TPSA) is 54.9 Å². The monoisotopic (exact) mass is 545 g/mol. The Hall–Kier alpha value is -2.87. The molecule has 2 aliphatic rings. The molecule has 6 nitrogen and oxygen atoms in total. The van der Waals surface area contributed by atoms with Crippen LogP contribution in [0.3, 0.4) is 0 Å². The van der Waals surface area contributed by atoms with Gasteiger partial charge in [-0.1, -0.05) is 47.8 Å². The average molecular weight is 546 g/mol. The van der Waals surface area contributed by atoms with Crippen molar-refractivity contribution in [2.75, 3.05) is 26.7 Å². The molecule has 2 saturated heterocycles. The second-order valence-corrected chi connectivity index (χ2v) is 11.8. The third kappa shape index (κ3) is 6.32. The Kier molecular flexibility index (Phi) is 8.60. The summed E-state index contributed by atoms with van der Waals surface area (Å²) in [5, 5.41) is 0. The molecule has 1 amide bonds. The molecule has 2 fully saturated rings. The first kappa shape index (κ1) is 27.7. The maximum Gasteiger partial charge on any atom is 0.254 e. The highest BCUT2D eigenvalue weighted by atomic mass is 32.2. The fourth-order valence-corrected chi connectivity index (χ4v) is 6.83. The second-order valence-electron chi connectivity index (χ2n) is 10.8. The lowest BCUT2D eigenvalue weighted by molar-refractivity contribution is 0.0339. The normalized spacial score (nSPS) is 21.5. The van der Waals surface area contributed by atoms with Crippen molar-refractivity contribution >= 4 is 17.9 Å². The van der Waals surface area contributed by atoms with Gasteiger partial charge in [0.15, 0.2) is 0 Å². The Morgan fingerprint density at radius 3 is 2.64 bits per heavy atom. The summed E-state index contributed by atoms with van der Waals surface area (Å²) in [6.07, 6.45) is 1.98. The van der Waals surface area contributed by atoms with Gasteiger partial charge in [0.25, 0.3) is 5.91 Å². The lowest BCUT2D eigenvalue weighted by atomic mass is 10.0. The molecule has 3 unspecified atom stereocenters. The summed E-state index contributed by atoms with van der Waals surface area (Å²) in [6, 6.07) is 19.1. The van der Waals surface area contributed by atoms with Gasteiger partial charge in [-0.25, -0.2) is 4.31 Å². The lowest BCUT2D eigenvalue weighted by Crippen LogP contribution is -2.32. The zero-order valence-corrected chi connectivity index (χ0v) is 24.5. The molecule has 0 N–H and O–H groups in total. The van der Waals surface area contributed by atoms with Crippen LogP contribution in [0, 0.1) is 27.7 Å². The molecule has 0 radical (unpaired) electrons. The zero-order chi connectivity index (χ0) is 27.5. The van der Waals surface area contributed by atoms with Crippen molar-refractivity contribution in [1.29, 1.82) is 0 Å². The maximum absolute atomic E-state index is 13.3. The number of aryl methyl sites for hydroxylation is 4. The molecular formula is C32H39N3O3S. The van der Waals surface area contributed by atoms with Gasteiger partial charge in [0, 0.05) is 42.4 Å². The molecule has 0 bridgehead atoms. The molecule has 0 saturated carbocycles. The molecule has 2 aliphatic heterocycles. The number of carbonyl (C=O) groups is 1. The Labute approximate surface area is 236 Å². The molecule has 5 rings (SSSR count). The van der Waals surface area contributed by atoms with Gasteiger partial charge in [-0.05, 0) is 81.5 Å². The molecule has 3 heterocycles. The largest absolute Gasteiger partial charge is 0.486 e. The van der Waals surface area contributed by atoms with Gasteiger partial charge >= 0.3 is 0 Å². The fourth-order valence-electron chi connectivity index (χ4n) is 5.68. The highest BCUT2D eigenvalue weighted by Gasteiger charge is 2.38. The van der Waals surface area contributed by atoms with Gasteiger partial charge in [-0.3, -0.25) is 9.78 Å². The molecule has 0 spiro atoms. The predicted molar refractivity (Wildman–Crippen MR) is 157 cm³/mol. The van der Waals surface area contributed by atoms with Crippen molar-refractivity contribution < 1.29 is 14.3 Å². The van der Waals surface area contributed by atoms with E-state index in [0.29, 0.717) is 19.1 Å². The predicted octanol–water partition coefficient (Wildman–Crippen LogP) is 6.22. The second kappa shape index (κ2) is 12.1. The van der Waals surface area contributed by atoms with Crippen LogP contribution < -0.4 is 4.74 Å². The van der Waals surface area contributed by atoms with E-state index in [2.05, 4.69) is 41.6 Å². The van der Waals surface area contributed by atoms with E-state index in [1.54, 1.807) is 7.11 Å². The van der Waals surface area contributed by atoms with Gasteiger partial charge in [0.05, 0.1) is 13.1 Å². The number of rotatable bonds is 8. The van der Waals surface area contributed by atoms with E-state index in [-0.39, 0.29) is 18.1 Å². The van der Waals surface area contributed by atoms with Crippen LogP contribution in [0.2, 0.25) is 0 Å². The molecular weight excluding hydrogens is 506 g/mol. The summed E-state index contributed by atoms with van der Waals surface area (Å²) in [5.74, 6) is 1.73. The van der Waals surface area contributed by atoms with E-state index in [1.807, 2.05) is 61.9 Å². The van der Waals surface area contributed by atoms with Crippen molar-refractivity contribution in [2.45, 2.75) is 64.5 Å². The van der Waals surface area contributed by atoms with Crippen LogP contribution in [0.5, 0.6) is 5.75 Å². The van der Waals surface area contributed by atoms with Gasteiger partial charge in [-0.2, -0.15) is 0 Å². The summed E-state index contributed by atoms with van der Waals surface area (Å²) in [5.41, 5.74) is 7.59. The van der Waals surface area contributed by atoms with Crippen molar-refractivity contribution in [2.24, 2.45) is 0 Å². The van der Waals surface area contributed by atoms with E-state index < -0.39 is 0 Å². The third-order valence-electron chi connectivity index (χ3n) is 7.84. The molecule has 0 aliphatic carbocycles. The number of methoxy groups -OCH3 is 1. The molecule has 2 aromatic carbocycles. The van der Waals surface area contributed by atoms with E-state index in [1.165, 1.54) is 24.0 Å². The lowest BCUT2D eigenvalue weighted by Gasteiger charge is -2.25. The van der Waals surface area contributed by atoms with Crippen LogP contribution in [0.15, 0.2) is 54.6 Å². The van der Waals surface area contributed by atoms with Crippen LogP contribution in [-0.2, 0) is 10.5 Å². The van der Waals surface area contributed by atoms with Gasteiger partial charge < -0.3 is 14.4 Å². The highest BCUT2D eigenvalue weighted by molar-refractivity contribution is 7.96. The number of amides is 1. The Bertz CT molecular complexity index is 1330. The summed E-state index contributed by atoms with van der Waals surface area (Å²) >= 11 is 1.89. The van der Waals surface area contributed by atoms with Gasteiger partial charge in [0.1, 0.15) is 18.0 Å². The van der Waals surface area contributed by atoms with E-state index in [4.69, 9.17) is 14.5 Å². The number of hydrogen-bond acceptors (Lipinski definition) is 6. The molecule has 3 atom stereocenters. The first-order chi connectivity index (χ1) is 18.8. The smallest absolute Gasteiger partial charge is 0.254 e. The number of nitrogens with zero attached hydrogens (tertiary/aromatic N) is 3. The first-order valence-corrected chi connectivity index (χ1v) is 14.7. The van der Waals surface area contributed by atoms with E-state index in [9.17, 15) is 4.79 Å². The minimum atomic E-state index is -0.216. The Morgan fingerprint density at radius 2 is 1.85 bits per heavy atom. The van der Waals surface area contributed by atoms with Crippen molar-refractivity contribution in [3.8, 4) is 5.75 Å². The standard InChI is InChI=1S/C32H39N3O3S/c1-21-11-12-22(2)28(16-21)32(36)34-18-30(37-5)31(19-34)38-26-9-6-8-25(17-26)20-39-35-15-7-10-29(35)27-14-13-23(3)33-24(27)4/h6,8-9,11-14,16-17,29-31H,7,10,15,18-20H2,1-5H3. The van der Waals surface area contributed by atoms with Crippen LogP contribution in [-0.4, -0.2) is 59.0 Å². The maximum atomic E-state index is 13.3. The molecule has 206 valence electrons. The van der Waals surface area contributed by atoms with Gasteiger partial charge in [0.2, 0.25) is 0 Å². The van der Waals surface area contributed by atoms with Crippen molar-refractivity contribution in [3.05, 3.63) is 93.8 Å². The zero-order valence-electron chi connectivity index (χ0n) is 23.6. The molecule has 39 heavy (non-hydrogen) atoms. The summed E-state index contributed by atoms with van der Waals surface area (Å²) in [7, 11) is 1.69. The minimum Gasteiger partial charge on any atom is -0.486 e. The Balaban J connectivity index is 1.22. The fraction of sp³-hybridized carbons (Fsp3) is 0.438. The van der Waals surface area contributed by atoms with Crippen LogP contribution in [0.4, 0.5) is 0 Å². The Morgan fingerprint density at radius 1 is 1.03 bits per heavy atom. The summed E-state index contributed by atoms with van der Waals surface area (Å²) in [4.78, 5) is 19.9. The van der Waals surface area contributed by atoms with Crippen LogP contribution in [0.25, 0.3) is 0 Å². The molecule has 3 aromatic rings. The van der Waals surface area contributed by atoms with Crippen LogP contribution in [0.1, 0.15) is 62.9 Å². The number of carbonyl (C=O) groups excluding carboxylic acids is 1. The quantitative estimate of drug-likeness (QED) is 0.313. The summed E-state index contributed by atoms with van der Waals surface area (Å²) in [6.45, 7) is 10.3. The van der Waals surface area contributed by atoms with Crippen molar-refractivity contribution in [1.82, 2.24) is 14.2 Å². The SMILES string of the molecule is COC1CN(C(=O)c2cc(C)ccc2C)CC1Oc1cccc(CSN2CCCC2c2ccc(C)nc2C)c1. The third-order valence-corrected chi connectivity index (χ3v) is 9.07. The number of pyridine rings is 1. The number of aromatic nitrogens is 1. The number of ether oxygens (including phenoxy) is 2. The van der Waals surface area contributed by atoms with Gasteiger partial charge in [-0.15, -0.1) is 0 Å².